The van der Waals surface area contributed by atoms with Crippen LogP contribution in [-0.2, 0) is 19.1 Å². The molecule has 1 aliphatic rings. The standard InChI is InChI=1S/C27H24O5/c1-3-31-26(28)24(20-14-16-21(30-2)17-15-20)25-22(18-10-6-4-7-11-18)23(27(29)32-25)19-12-8-5-9-13-19/h4-17,24-25H,3H2,1-2H3. The van der Waals surface area contributed by atoms with Gasteiger partial charge in [0, 0.05) is 5.57 Å². The predicted octanol–water partition coefficient (Wildman–Crippen LogP) is 4.88. The van der Waals surface area contributed by atoms with Gasteiger partial charge in [-0.2, -0.15) is 0 Å². The first-order valence-corrected chi connectivity index (χ1v) is 10.5. The highest BCUT2D eigenvalue weighted by Crippen LogP contribution is 2.43. The minimum Gasteiger partial charge on any atom is -0.497 e. The first-order valence-electron chi connectivity index (χ1n) is 10.5. The van der Waals surface area contributed by atoms with Gasteiger partial charge in [-0.25, -0.2) is 4.79 Å². The Morgan fingerprint density at radius 2 is 1.50 bits per heavy atom. The molecule has 1 heterocycles. The van der Waals surface area contributed by atoms with Gasteiger partial charge in [-0.1, -0.05) is 72.8 Å². The Hall–Kier alpha value is -3.86. The molecule has 0 aliphatic carbocycles. The Labute approximate surface area is 187 Å². The molecule has 162 valence electrons. The number of cyclic esters (lactones) is 1. The zero-order valence-corrected chi connectivity index (χ0v) is 18.0. The van der Waals surface area contributed by atoms with E-state index in [0.29, 0.717) is 22.5 Å². The highest BCUT2D eigenvalue weighted by Gasteiger charge is 2.44. The van der Waals surface area contributed by atoms with Crippen molar-refractivity contribution >= 4 is 23.1 Å². The number of ether oxygens (including phenoxy) is 3. The molecule has 0 saturated heterocycles. The minimum absolute atomic E-state index is 0.224. The number of rotatable bonds is 7. The van der Waals surface area contributed by atoms with Gasteiger partial charge < -0.3 is 14.2 Å². The molecule has 0 spiro atoms. The molecular weight excluding hydrogens is 404 g/mol. The van der Waals surface area contributed by atoms with E-state index in [9.17, 15) is 9.59 Å². The Balaban J connectivity index is 1.90. The topological polar surface area (TPSA) is 61.8 Å². The molecule has 2 unspecified atom stereocenters. The van der Waals surface area contributed by atoms with Crippen LogP contribution in [0.1, 0.15) is 29.5 Å². The van der Waals surface area contributed by atoms with Crippen LogP contribution in [0.4, 0.5) is 0 Å². The van der Waals surface area contributed by atoms with Gasteiger partial charge in [-0.3, -0.25) is 4.79 Å². The summed E-state index contributed by atoms with van der Waals surface area (Å²) in [6.07, 6.45) is -0.826. The molecule has 5 nitrogen and oxygen atoms in total. The van der Waals surface area contributed by atoms with E-state index in [1.165, 1.54) is 0 Å². The predicted molar refractivity (Wildman–Crippen MR) is 122 cm³/mol. The summed E-state index contributed by atoms with van der Waals surface area (Å²) in [5.74, 6) is -1.05. The van der Waals surface area contributed by atoms with E-state index in [-0.39, 0.29) is 6.61 Å². The Kier molecular flexibility index (Phi) is 6.36. The van der Waals surface area contributed by atoms with Crippen molar-refractivity contribution in [2.75, 3.05) is 13.7 Å². The Morgan fingerprint density at radius 1 is 0.906 bits per heavy atom. The van der Waals surface area contributed by atoms with Crippen molar-refractivity contribution < 1.29 is 23.8 Å². The highest BCUT2D eigenvalue weighted by molar-refractivity contribution is 6.28. The molecule has 1 aliphatic heterocycles. The Bertz CT molecular complexity index is 1120. The molecular formula is C27H24O5. The van der Waals surface area contributed by atoms with Crippen molar-refractivity contribution in [3.63, 3.8) is 0 Å². The van der Waals surface area contributed by atoms with Gasteiger partial charge in [0.05, 0.1) is 19.3 Å². The van der Waals surface area contributed by atoms with E-state index in [1.807, 2.05) is 60.7 Å². The van der Waals surface area contributed by atoms with Gasteiger partial charge in [-0.15, -0.1) is 0 Å². The molecule has 0 aromatic heterocycles. The summed E-state index contributed by atoms with van der Waals surface area (Å²) in [5.41, 5.74) is 3.39. The molecule has 0 bridgehead atoms. The summed E-state index contributed by atoms with van der Waals surface area (Å²) < 4.78 is 16.5. The lowest BCUT2D eigenvalue weighted by Gasteiger charge is -2.24. The van der Waals surface area contributed by atoms with E-state index in [4.69, 9.17) is 14.2 Å². The van der Waals surface area contributed by atoms with Crippen LogP contribution < -0.4 is 4.74 Å². The van der Waals surface area contributed by atoms with Crippen LogP contribution in [0.3, 0.4) is 0 Å². The van der Waals surface area contributed by atoms with Crippen molar-refractivity contribution in [1.29, 1.82) is 0 Å². The minimum atomic E-state index is -0.826. The van der Waals surface area contributed by atoms with Gasteiger partial charge in [0.25, 0.3) is 0 Å². The van der Waals surface area contributed by atoms with E-state index < -0.39 is 24.0 Å². The van der Waals surface area contributed by atoms with E-state index >= 15 is 0 Å². The Morgan fingerprint density at radius 3 is 2.06 bits per heavy atom. The molecule has 0 N–H and O–H groups in total. The first kappa shape index (κ1) is 21.4. The zero-order valence-electron chi connectivity index (χ0n) is 18.0. The highest BCUT2D eigenvalue weighted by atomic mass is 16.6. The average molecular weight is 428 g/mol. The molecule has 2 atom stereocenters. The van der Waals surface area contributed by atoms with Gasteiger partial charge in [0.15, 0.2) is 0 Å². The SMILES string of the molecule is CCOC(=O)C(c1ccc(OC)cc1)C1OC(=O)C(c2ccccc2)=C1c1ccccc1. The molecule has 0 radical (unpaired) electrons. The lowest BCUT2D eigenvalue weighted by Crippen LogP contribution is -2.30. The second-order valence-corrected chi connectivity index (χ2v) is 7.35. The van der Waals surface area contributed by atoms with Crippen LogP contribution >= 0.6 is 0 Å². The van der Waals surface area contributed by atoms with Crippen LogP contribution in [0.25, 0.3) is 11.1 Å². The fourth-order valence-corrected chi connectivity index (χ4v) is 4.00. The van der Waals surface area contributed by atoms with Gasteiger partial charge in [-0.05, 0) is 35.7 Å². The number of hydrogen-bond acceptors (Lipinski definition) is 5. The summed E-state index contributed by atoms with van der Waals surface area (Å²) in [5, 5.41) is 0. The molecule has 5 heteroatoms. The van der Waals surface area contributed by atoms with Crippen molar-refractivity contribution in [2.45, 2.75) is 18.9 Å². The summed E-state index contributed by atoms with van der Waals surface area (Å²) in [6, 6.07) is 26.1. The van der Waals surface area contributed by atoms with Crippen molar-refractivity contribution in [1.82, 2.24) is 0 Å². The summed E-state index contributed by atoms with van der Waals surface area (Å²) >= 11 is 0. The van der Waals surface area contributed by atoms with E-state index in [2.05, 4.69) is 0 Å². The normalized spacial score (nSPS) is 16.4. The number of carbonyl (C=O) groups is 2. The quantitative estimate of drug-likeness (QED) is 0.502. The number of methoxy groups -OCH3 is 1. The molecule has 0 fully saturated rings. The van der Waals surface area contributed by atoms with Gasteiger partial charge in [0.1, 0.15) is 17.8 Å². The summed E-state index contributed by atoms with van der Waals surface area (Å²) in [6.45, 7) is 1.98. The molecule has 3 aromatic rings. The number of esters is 2. The number of carbonyl (C=O) groups excluding carboxylic acids is 2. The lowest BCUT2D eigenvalue weighted by molar-refractivity contribution is -0.150. The largest absolute Gasteiger partial charge is 0.497 e. The maximum atomic E-state index is 13.1. The fraction of sp³-hybridized carbons (Fsp3) is 0.185. The van der Waals surface area contributed by atoms with Crippen LogP contribution in [0.15, 0.2) is 84.9 Å². The number of hydrogen-bond donors (Lipinski definition) is 0. The van der Waals surface area contributed by atoms with Crippen LogP contribution in [0.5, 0.6) is 5.75 Å². The molecule has 0 amide bonds. The molecule has 4 rings (SSSR count). The molecule has 32 heavy (non-hydrogen) atoms. The third-order valence-electron chi connectivity index (χ3n) is 5.46. The van der Waals surface area contributed by atoms with Crippen molar-refractivity contribution in [2.24, 2.45) is 0 Å². The van der Waals surface area contributed by atoms with Crippen LogP contribution in [0, 0.1) is 0 Å². The molecule has 3 aromatic carbocycles. The zero-order chi connectivity index (χ0) is 22.5. The van der Waals surface area contributed by atoms with Crippen molar-refractivity contribution in [3.05, 3.63) is 102 Å². The third kappa shape index (κ3) is 4.14. The van der Waals surface area contributed by atoms with Crippen LogP contribution in [0.2, 0.25) is 0 Å². The maximum Gasteiger partial charge on any atom is 0.339 e. The van der Waals surface area contributed by atoms with Crippen LogP contribution in [-0.4, -0.2) is 31.8 Å². The van der Waals surface area contributed by atoms with E-state index in [1.54, 1.807) is 38.3 Å². The van der Waals surface area contributed by atoms with Gasteiger partial charge >= 0.3 is 11.9 Å². The second kappa shape index (κ2) is 9.52. The third-order valence-corrected chi connectivity index (χ3v) is 5.46. The van der Waals surface area contributed by atoms with Crippen molar-refractivity contribution in [3.8, 4) is 5.75 Å². The summed E-state index contributed by atoms with van der Waals surface area (Å²) in [4.78, 5) is 26.3. The molecule has 0 saturated carbocycles. The maximum absolute atomic E-state index is 13.1. The summed E-state index contributed by atoms with van der Waals surface area (Å²) in [7, 11) is 1.58. The van der Waals surface area contributed by atoms with E-state index in [0.717, 1.165) is 11.1 Å². The monoisotopic (exact) mass is 428 g/mol. The smallest absolute Gasteiger partial charge is 0.339 e. The fourth-order valence-electron chi connectivity index (χ4n) is 4.00. The second-order valence-electron chi connectivity index (χ2n) is 7.35. The lowest BCUT2D eigenvalue weighted by atomic mass is 9.84. The average Bonchev–Trinajstić information content (AvgIpc) is 3.17. The number of benzene rings is 3. The first-order chi connectivity index (χ1) is 15.6. The van der Waals surface area contributed by atoms with Gasteiger partial charge in [0.2, 0.25) is 0 Å².